The molecule has 0 saturated carbocycles. The number of aliphatic hydroxyl groups excluding tert-OH is 1. The van der Waals surface area contributed by atoms with E-state index in [1.165, 1.54) is 11.3 Å². The first-order valence-electron chi connectivity index (χ1n) is 4.08. The van der Waals surface area contributed by atoms with Crippen molar-refractivity contribution >= 4 is 33.0 Å². The topological polar surface area (TPSA) is 37.3 Å². The van der Waals surface area contributed by atoms with Crippen molar-refractivity contribution in [3.8, 4) is 0 Å². The van der Waals surface area contributed by atoms with Crippen LogP contribution in [0.3, 0.4) is 0 Å². The Kier molecular flexibility index (Phi) is 4.09. The van der Waals surface area contributed by atoms with Crippen molar-refractivity contribution in [1.82, 2.24) is 0 Å². The molecule has 72 valence electrons. The van der Waals surface area contributed by atoms with Gasteiger partial charge in [-0.1, -0.05) is 6.92 Å². The largest absolute Gasteiger partial charge is 0.396 e. The second-order valence-corrected chi connectivity index (χ2v) is 4.61. The fourth-order valence-electron chi connectivity index (χ4n) is 1.04. The van der Waals surface area contributed by atoms with Crippen LogP contribution in [-0.2, 0) is 0 Å². The molecule has 0 fully saturated rings. The Morgan fingerprint density at radius 1 is 1.77 bits per heavy atom. The quantitative estimate of drug-likeness (QED) is 0.848. The Morgan fingerprint density at radius 3 is 2.85 bits per heavy atom. The summed E-state index contributed by atoms with van der Waals surface area (Å²) in [6, 6.07) is 1.80. The van der Waals surface area contributed by atoms with Gasteiger partial charge in [-0.2, -0.15) is 0 Å². The Labute approximate surface area is 89.7 Å². The van der Waals surface area contributed by atoms with Crippen LogP contribution in [0.15, 0.2) is 15.9 Å². The molecule has 0 saturated heterocycles. The monoisotopic (exact) mass is 262 g/mol. The van der Waals surface area contributed by atoms with Crippen molar-refractivity contribution in [2.24, 2.45) is 5.92 Å². The van der Waals surface area contributed by atoms with Crippen molar-refractivity contribution in [3.63, 3.8) is 0 Å². The van der Waals surface area contributed by atoms with Gasteiger partial charge in [0.1, 0.15) is 0 Å². The van der Waals surface area contributed by atoms with Gasteiger partial charge < -0.3 is 5.11 Å². The average molecular weight is 263 g/mol. The molecule has 1 N–H and O–H groups in total. The molecule has 1 aromatic heterocycles. The number of hydrogen-bond acceptors (Lipinski definition) is 3. The molecule has 0 aliphatic rings. The molecule has 1 atom stereocenters. The summed E-state index contributed by atoms with van der Waals surface area (Å²) in [5, 5.41) is 10.8. The minimum Gasteiger partial charge on any atom is -0.396 e. The molecular formula is C9H11BrO2S. The van der Waals surface area contributed by atoms with Crippen molar-refractivity contribution < 1.29 is 9.90 Å². The molecule has 1 unspecified atom stereocenters. The molecular weight excluding hydrogens is 252 g/mol. The number of carbonyl (C=O) groups is 1. The van der Waals surface area contributed by atoms with Gasteiger partial charge in [0, 0.05) is 15.8 Å². The summed E-state index contributed by atoms with van der Waals surface area (Å²) in [5.41, 5.74) is 0. The standard InChI is InChI=1S/C9H11BrO2S/c1-2-6(4-11)9(12)8-3-7(10)5-13-8/h3,5-6,11H,2,4H2,1H3. The molecule has 0 aliphatic heterocycles. The lowest BCUT2D eigenvalue weighted by molar-refractivity contribution is 0.0860. The van der Waals surface area contributed by atoms with Crippen molar-refractivity contribution in [2.45, 2.75) is 13.3 Å². The van der Waals surface area contributed by atoms with E-state index < -0.39 is 0 Å². The van der Waals surface area contributed by atoms with Crippen LogP contribution < -0.4 is 0 Å². The number of rotatable bonds is 4. The molecule has 1 heterocycles. The van der Waals surface area contributed by atoms with Crippen LogP contribution in [-0.4, -0.2) is 17.5 Å². The highest BCUT2D eigenvalue weighted by Crippen LogP contribution is 2.23. The van der Waals surface area contributed by atoms with Crippen LogP contribution in [0.5, 0.6) is 0 Å². The number of Topliss-reactive ketones (excluding diaryl/α,β-unsaturated/α-hetero) is 1. The minimum absolute atomic E-state index is 0.0423. The molecule has 2 nitrogen and oxygen atoms in total. The second kappa shape index (κ2) is 4.88. The average Bonchev–Trinajstić information content (AvgIpc) is 2.54. The third-order valence-electron chi connectivity index (χ3n) is 1.89. The minimum atomic E-state index is -0.245. The molecule has 0 spiro atoms. The Balaban J connectivity index is 2.78. The Hall–Kier alpha value is -0.190. The maximum Gasteiger partial charge on any atom is 0.178 e. The smallest absolute Gasteiger partial charge is 0.178 e. The van der Waals surface area contributed by atoms with E-state index >= 15 is 0 Å². The van der Waals surface area contributed by atoms with Crippen molar-refractivity contribution in [2.75, 3.05) is 6.61 Å². The van der Waals surface area contributed by atoms with E-state index in [1.807, 2.05) is 12.3 Å². The molecule has 4 heteroatoms. The van der Waals surface area contributed by atoms with Gasteiger partial charge in [0.2, 0.25) is 0 Å². The lowest BCUT2D eigenvalue weighted by Gasteiger charge is -2.07. The van der Waals surface area contributed by atoms with Crippen LogP contribution in [0.4, 0.5) is 0 Å². The third-order valence-corrected chi connectivity index (χ3v) is 3.60. The predicted molar refractivity (Wildman–Crippen MR) is 57.2 cm³/mol. The van der Waals surface area contributed by atoms with Crippen LogP contribution in [0.1, 0.15) is 23.0 Å². The summed E-state index contributed by atoms with van der Waals surface area (Å²) in [5.74, 6) is -0.203. The van der Waals surface area contributed by atoms with Gasteiger partial charge >= 0.3 is 0 Å². The summed E-state index contributed by atoms with van der Waals surface area (Å²) in [6.45, 7) is 1.84. The van der Waals surface area contributed by atoms with Crippen molar-refractivity contribution in [1.29, 1.82) is 0 Å². The van der Waals surface area contributed by atoms with Gasteiger partial charge in [0.05, 0.1) is 11.5 Å². The summed E-state index contributed by atoms with van der Waals surface area (Å²) in [4.78, 5) is 12.4. The maximum absolute atomic E-state index is 11.6. The predicted octanol–water partition coefficient (Wildman–Crippen LogP) is 2.71. The van der Waals surface area contributed by atoms with Gasteiger partial charge in [-0.05, 0) is 28.4 Å². The molecule has 0 bridgehead atoms. The highest BCUT2D eigenvalue weighted by Gasteiger charge is 2.18. The van der Waals surface area contributed by atoms with E-state index in [2.05, 4.69) is 15.9 Å². The van der Waals surface area contributed by atoms with E-state index in [9.17, 15) is 4.79 Å². The first-order chi connectivity index (χ1) is 6.19. The van der Waals surface area contributed by atoms with E-state index in [1.54, 1.807) is 6.07 Å². The van der Waals surface area contributed by atoms with E-state index in [-0.39, 0.29) is 18.3 Å². The summed E-state index contributed by atoms with van der Waals surface area (Å²) in [6.07, 6.45) is 0.685. The number of halogens is 1. The number of thiophene rings is 1. The first-order valence-corrected chi connectivity index (χ1v) is 5.75. The van der Waals surface area contributed by atoms with E-state index in [0.29, 0.717) is 11.3 Å². The van der Waals surface area contributed by atoms with Gasteiger partial charge in [-0.15, -0.1) is 11.3 Å². The Morgan fingerprint density at radius 2 is 2.46 bits per heavy atom. The zero-order valence-electron chi connectivity index (χ0n) is 7.29. The zero-order valence-corrected chi connectivity index (χ0v) is 9.69. The molecule has 0 aromatic carbocycles. The van der Waals surface area contributed by atoms with Gasteiger partial charge in [0.15, 0.2) is 5.78 Å². The lowest BCUT2D eigenvalue weighted by Crippen LogP contribution is -2.16. The summed E-state index contributed by atoms with van der Waals surface area (Å²) >= 11 is 4.70. The normalized spacial score (nSPS) is 12.8. The van der Waals surface area contributed by atoms with E-state index in [4.69, 9.17) is 5.11 Å². The third kappa shape index (κ3) is 2.62. The van der Waals surface area contributed by atoms with Gasteiger partial charge in [-0.25, -0.2) is 0 Å². The molecule has 1 rings (SSSR count). The van der Waals surface area contributed by atoms with Crippen LogP contribution >= 0.6 is 27.3 Å². The summed E-state index contributed by atoms with van der Waals surface area (Å²) < 4.78 is 0.925. The SMILES string of the molecule is CCC(CO)C(=O)c1cc(Br)cs1. The number of aliphatic hydroxyl groups is 1. The summed E-state index contributed by atoms with van der Waals surface area (Å²) in [7, 11) is 0. The number of carbonyl (C=O) groups excluding carboxylic acids is 1. The molecule has 0 aliphatic carbocycles. The molecule has 0 radical (unpaired) electrons. The maximum atomic E-state index is 11.6. The van der Waals surface area contributed by atoms with Gasteiger partial charge in [0.25, 0.3) is 0 Å². The highest BCUT2D eigenvalue weighted by atomic mass is 79.9. The van der Waals surface area contributed by atoms with Crippen LogP contribution in [0.2, 0.25) is 0 Å². The molecule has 13 heavy (non-hydrogen) atoms. The highest BCUT2D eigenvalue weighted by molar-refractivity contribution is 9.10. The van der Waals surface area contributed by atoms with Crippen LogP contribution in [0, 0.1) is 5.92 Å². The lowest BCUT2D eigenvalue weighted by atomic mass is 10.0. The first kappa shape index (κ1) is 10.9. The van der Waals surface area contributed by atoms with Crippen molar-refractivity contribution in [3.05, 3.63) is 20.8 Å². The molecule has 1 aromatic rings. The Bertz CT molecular complexity index is 292. The second-order valence-electron chi connectivity index (χ2n) is 2.78. The zero-order chi connectivity index (χ0) is 9.84. The number of ketones is 1. The molecule has 0 amide bonds. The van der Waals surface area contributed by atoms with E-state index in [0.717, 1.165) is 4.47 Å². The fourth-order valence-corrected chi connectivity index (χ4v) is 2.49. The van der Waals surface area contributed by atoms with Gasteiger partial charge in [-0.3, -0.25) is 4.79 Å². The number of hydrogen-bond donors (Lipinski definition) is 1. The van der Waals surface area contributed by atoms with Crippen LogP contribution in [0.25, 0.3) is 0 Å². The fraction of sp³-hybridized carbons (Fsp3) is 0.444.